The molecule has 0 fully saturated rings. The molecule has 0 aliphatic rings. The van der Waals surface area contributed by atoms with E-state index >= 15 is 0 Å². The second-order valence-electron chi connectivity index (χ2n) is 4.47. The zero-order valence-electron chi connectivity index (χ0n) is 10.1. The predicted octanol–water partition coefficient (Wildman–Crippen LogP) is 2.64. The first-order chi connectivity index (χ1) is 7.46. The Hall–Kier alpha value is -0.930. The van der Waals surface area contributed by atoms with E-state index < -0.39 is 5.60 Å². The third-order valence-electron chi connectivity index (χ3n) is 2.92. The van der Waals surface area contributed by atoms with E-state index in [9.17, 15) is 9.50 Å². The van der Waals surface area contributed by atoms with Crippen LogP contribution in [0.1, 0.15) is 38.8 Å². The van der Waals surface area contributed by atoms with Gasteiger partial charge in [0.05, 0.1) is 5.60 Å². The van der Waals surface area contributed by atoms with Gasteiger partial charge in [0.15, 0.2) is 0 Å². The Labute approximate surface area is 96.5 Å². The summed E-state index contributed by atoms with van der Waals surface area (Å²) in [6.45, 7) is 6.05. The van der Waals surface area contributed by atoms with Gasteiger partial charge in [0.25, 0.3) is 0 Å². The summed E-state index contributed by atoms with van der Waals surface area (Å²) < 4.78 is 13.4. The number of rotatable bonds is 5. The van der Waals surface area contributed by atoms with Crippen LogP contribution in [0, 0.1) is 5.82 Å². The molecule has 2 atom stereocenters. The van der Waals surface area contributed by atoms with Crippen molar-refractivity contribution in [2.75, 3.05) is 6.54 Å². The SMILES string of the molecule is CCC(C)(O)CN[C@H](C)c1ccccc1F. The van der Waals surface area contributed by atoms with E-state index in [0.29, 0.717) is 18.5 Å². The first kappa shape index (κ1) is 13.1. The molecule has 2 nitrogen and oxygen atoms in total. The molecule has 1 aromatic rings. The second-order valence-corrected chi connectivity index (χ2v) is 4.47. The lowest BCUT2D eigenvalue weighted by Crippen LogP contribution is -2.38. The van der Waals surface area contributed by atoms with E-state index in [2.05, 4.69) is 5.32 Å². The van der Waals surface area contributed by atoms with Gasteiger partial charge < -0.3 is 10.4 Å². The number of benzene rings is 1. The van der Waals surface area contributed by atoms with Crippen molar-refractivity contribution in [3.8, 4) is 0 Å². The molecule has 0 bridgehead atoms. The summed E-state index contributed by atoms with van der Waals surface area (Å²) in [5.41, 5.74) is -0.103. The van der Waals surface area contributed by atoms with Gasteiger partial charge in [-0.2, -0.15) is 0 Å². The fraction of sp³-hybridized carbons (Fsp3) is 0.538. The molecule has 1 aromatic carbocycles. The van der Waals surface area contributed by atoms with Gasteiger partial charge in [-0.05, 0) is 26.3 Å². The Kier molecular flexibility index (Phi) is 4.44. The van der Waals surface area contributed by atoms with E-state index in [1.165, 1.54) is 6.07 Å². The van der Waals surface area contributed by atoms with Gasteiger partial charge in [0.1, 0.15) is 5.82 Å². The summed E-state index contributed by atoms with van der Waals surface area (Å²) >= 11 is 0. The summed E-state index contributed by atoms with van der Waals surface area (Å²) in [6.07, 6.45) is 0.671. The molecule has 1 unspecified atom stereocenters. The number of halogens is 1. The third kappa shape index (κ3) is 3.58. The lowest BCUT2D eigenvalue weighted by molar-refractivity contribution is 0.0532. The van der Waals surface area contributed by atoms with Crippen LogP contribution in [0.5, 0.6) is 0 Å². The molecule has 16 heavy (non-hydrogen) atoms. The lowest BCUT2D eigenvalue weighted by atomic mass is 10.0. The first-order valence-electron chi connectivity index (χ1n) is 5.66. The summed E-state index contributed by atoms with van der Waals surface area (Å²) in [5, 5.41) is 13.0. The number of hydrogen-bond acceptors (Lipinski definition) is 2. The average Bonchev–Trinajstić information content (AvgIpc) is 2.27. The zero-order chi connectivity index (χ0) is 12.2. The molecule has 0 aliphatic heterocycles. The molecule has 0 saturated carbocycles. The van der Waals surface area contributed by atoms with Gasteiger partial charge >= 0.3 is 0 Å². The van der Waals surface area contributed by atoms with Crippen molar-refractivity contribution >= 4 is 0 Å². The Morgan fingerprint density at radius 1 is 1.44 bits per heavy atom. The maximum atomic E-state index is 13.4. The van der Waals surface area contributed by atoms with Gasteiger partial charge in [0, 0.05) is 18.2 Å². The number of aliphatic hydroxyl groups is 1. The van der Waals surface area contributed by atoms with Crippen LogP contribution in [0.25, 0.3) is 0 Å². The Morgan fingerprint density at radius 2 is 2.06 bits per heavy atom. The fourth-order valence-corrected chi connectivity index (χ4v) is 1.43. The van der Waals surface area contributed by atoms with Crippen molar-refractivity contribution < 1.29 is 9.50 Å². The minimum Gasteiger partial charge on any atom is -0.389 e. The Bertz CT molecular complexity index is 338. The monoisotopic (exact) mass is 225 g/mol. The summed E-state index contributed by atoms with van der Waals surface area (Å²) in [7, 11) is 0. The predicted molar refractivity (Wildman–Crippen MR) is 63.7 cm³/mol. The minimum atomic E-state index is -0.737. The molecule has 0 heterocycles. The van der Waals surface area contributed by atoms with E-state index in [0.717, 1.165) is 0 Å². The smallest absolute Gasteiger partial charge is 0.127 e. The van der Waals surface area contributed by atoms with Gasteiger partial charge in [-0.25, -0.2) is 4.39 Å². The van der Waals surface area contributed by atoms with Gasteiger partial charge in [-0.1, -0.05) is 25.1 Å². The average molecular weight is 225 g/mol. The van der Waals surface area contributed by atoms with Crippen LogP contribution in [0.4, 0.5) is 4.39 Å². The van der Waals surface area contributed by atoms with Gasteiger partial charge in [-0.15, -0.1) is 0 Å². The van der Waals surface area contributed by atoms with Crippen LogP contribution in [0.3, 0.4) is 0 Å². The normalized spacial score (nSPS) is 16.8. The van der Waals surface area contributed by atoms with E-state index in [-0.39, 0.29) is 11.9 Å². The Morgan fingerprint density at radius 3 is 2.62 bits per heavy atom. The van der Waals surface area contributed by atoms with Crippen molar-refractivity contribution in [3.63, 3.8) is 0 Å². The zero-order valence-corrected chi connectivity index (χ0v) is 10.1. The fourth-order valence-electron chi connectivity index (χ4n) is 1.43. The molecule has 0 spiro atoms. The highest BCUT2D eigenvalue weighted by atomic mass is 19.1. The van der Waals surface area contributed by atoms with E-state index in [1.54, 1.807) is 19.1 Å². The quantitative estimate of drug-likeness (QED) is 0.807. The van der Waals surface area contributed by atoms with Gasteiger partial charge in [0.2, 0.25) is 0 Å². The van der Waals surface area contributed by atoms with E-state index in [4.69, 9.17) is 0 Å². The molecule has 3 heteroatoms. The largest absolute Gasteiger partial charge is 0.389 e. The van der Waals surface area contributed by atoms with E-state index in [1.807, 2.05) is 19.9 Å². The molecule has 0 radical (unpaired) electrons. The van der Waals surface area contributed by atoms with Crippen LogP contribution in [0.15, 0.2) is 24.3 Å². The van der Waals surface area contributed by atoms with Crippen LogP contribution in [-0.2, 0) is 0 Å². The highest BCUT2D eigenvalue weighted by Gasteiger charge is 2.19. The van der Waals surface area contributed by atoms with Crippen molar-refractivity contribution in [1.29, 1.82) is 0 Å². The van der Waals surface area contributed by atoms with Crippen LogP contribution in [-0.4, -0.2) is 17.3 Å². The maximum Gasteiger partial charge on any atom is 0.127 e. The third-order valence-corrected chi connectivity index (χ3v) is 2.92. The Balaban J connectivity index is 2.60. The number of hydrogen-bond donors (Lipinski definition) is 2. The summed E-state index contributed by atoms with van der Waals surface area (Å²) in [5.74, 6) is -0.210. The molecule has 0 amide bonds. The van der Waals surface area contributed by atoms with Crippen molar-refractivity contribution in [2.24, 2.45) is 0 Å². The minimum absolute atomic E-state index is 0.0979. The molecular weight excluding hydrogens is 205 g/mol. The highest BCUT2D eigenvalue weighted by molar-refractivity contribution is 5.20. The van der Waals surface area contributed by atoms with Gasteiger partial charge in [-0.3, -0.25) is 0 Å². The lowest BCUT2D eigenvalue weighted by Gasteiger charge is -2.24. The van der Waals surface area contributed by atoms with Crippen LogP contribution < -0.4 is 5.32 Å². The highest BCUT2D eigenvalue weighted by Crippen LogP contribution is 2.17. The second kappa shape index (κ2) is 5.41. The molecular formula is C13H20FNO. The van der Waals surface area contributed by atoms with Crippen LogP contribution >= 0.6 is 0 Å². The molecule has 2 N–H and O–H groups in total. The summed E-state index contributed by atoms with van der Waals surface area (Å²) in [6, 6.07) is 6.60. The molecule has 0 saturated heterocycles. The molecule has 1 rings (SSSR count). The summed E-state index contributed by atoms with van der Waals surface area (Å²) in [4.78, 5) is 0. The molecule has 0 aromatic heterocycles. The molecule has 0 aliphatic carbocycles. The standard InChI is InChI=1S/C13H20FNO/c1-4-13(3,16)9-15-10(2)11-7-5-6-8-12(11)14/h5-8,10,15-16H,4,9H2,1-3H3/t10-,13?/m1/s1. The first-order valence-corrected chi connectivity index (χ1v) is 5.66. The van der Waals surface area contributed by atoms with Crippen molar-refractivity contribution in [1.82, 2.24) is 5.32 Å². The maximum absolute atomic E-state index is 13.4. The topological polar surface area (TPSA) is 32.3 Å². The van der Waals surface area contributed by atoms with Crippen molar-refractivity contribution in [2.45, 2.75) is 38.8 Å². The number of nitrogens with one attached hydrogen (secondary N) is 1. The van der Waals surface area contributed by atoms with Crippen molar-refractivity contribution in [3.05, 3.63) is 35.6 Å². The van der Waals surface area contributed by atoms with Crippen LogP contribution in [0.2, 0.25) is 0 Å². The molecule has 90 valence electrons.